The van der Waals surface area contributed by atoms with Crippen molar-refractivity contribution in [2.75, 3.05) is 65.5 Å². The van der Waals surface area contributed by atoms with Crippen molar-refractivity contribution in [2.45, 2.75) is 63.4 Å². The van der Waals surface area contributed by atoms with Crippen molar-refractivity contribution >= 4 is 69.1 Å². The molecule has 2 aromatic heterocycles. The Balaban J connectivity index is 1.46. The molecule has 0 saturated carbocycles. The third kappa shape index (κ3) is 15.8. The molecule has 0 bridgehead atoms. The summed E-state index contributed by atoms with van der Waals surface area (Å²) in [6.07, 6.45) is -8.52. The van der Waals surface area contributed by atoms with Crippen LogP contribution in [0.5, 0.6) is 0 Å². The summed E-state index contributed by atoms with van der Waals surface area (Å²) in [5.41, 5.74) is 4.04. The van der Waals surface area contributed by atoms with Crippen molar-refractivity contribution in [3.05, 3.63) is 12.7 Å². The lowest BCUT2D eigenvalue weighted by molar-refractivity contribution is -0.873. The maximum atomic E-state index is 12.5. The van der Waals surface area contributed by atoms with Crippen LogP contribution in [0.3, 0.4) is 0 Å². The summed E-state index contributed by atoms with van der Waals surface area (Å²) in [5, 5.41) is 35.9. The summed E-state index contributed by atoms with van der Waals surface area (Å²) in [5.74, 6) is -1.37. The number of rotatable bonds is 23. The number of ether oxygens (including phenoxy) is 1. The first-order valence-corrected chi connectivity index (χ1v) is 22.4. The quantitative estimate of drug-likeness (QED) is 0.0348. The zero-order chi connectivity index (χ0) is 43.9. The third-order valence-electron chi connectivity index (χ3n) is 7.90. The van der Waals surface area contributed by atoms with E-state index in [1.807, 2.05) is 21.1 Å². The number of carbonyl (C=O) groups is 3. The highest BCUT2D eigenvalue weighted by Crippen LogP contribution is 2.56. The molecule has 1 aliphatic rings. The first-order chi connectivity index (χ1) is 26.6. The highest BCUT2D eigenvalue weighted by Gasteiger charge is 2.47. The lowest BCUT2D eigenvalue weighted by Gasteiger charge is -2.36. The zero-order valence-electron chi connectivity index (χ0n) is 31.8. The van der Waals surface area contributed by atoms with E-state index >= 15 is 0 Å². The van der Waals surface area contributed by atoms with Gasteiger partial charge in [0, 0.05) is 37.1 Å². The number of amides is 2. The van der Waals surface area contributed by atoms with Crippen LogP contribution in [0.15, 0.2) is 12.7 Å². The molecule has 1 saturated heterocycles. The van der Waals surface area contributed by atoms with E-state index in [1.165, 1.54) is 13.8 Å². The van der Waals surface area contributed by atoms with Gasteiger partial charge in [-0.15, -0.1) is 0 Å². The molecule has 30 heteroatoms. The molecule has 3 heterocycles. The Bertz CT molecular complexity index is 1900. The predicted molar refractivity (Wildman–Crippen MR) is 192 cm³/mol. The Morgan fingerprint density at radius 2 is 1.71 bits per heavy atom. The molecule has 330 valence electrons. The normalized spacial score (nSPS) is 22.2. The van der Waals surface area contributed by atoms with E-state index in [1.54, 1.807) is 0 Å². The van der Waals surface area contributed by atoms with Crippen LogP contribution in [0.1, 0.15) is 32.9 Å². The van der Waals surface area contributed by atoms with Gasteiger partial charge in [-0.2, -0.15) is 0 Å². The molecule has 3 rings (SSSR count). The second kappa shape index (κ2) is 20.4. The molecule has 7 N–H and O–H groups in total. The van der Waals surface area contributed by atoms with E-state index in [2.05, 4.69) is 43.5 Å². The van der Waals surface area contributed by atoms with Crippen LogP contribution < -0.4 is 35.9 Å². The number of nitrogen functional groups attached to an aromatic ring is 1. The second-order valence-electron chi connectivity index (χ2n) is 14.5. The fourth-order valence-corrected chi connectivity index (χ4v) is 8.70. The van der Waals surface area contributed by atoms with Gasteiger partial charge in [0.05, 0.1) is 48.5 Å². The number of nitrogens with two attached hydrogens (primary N) is 1. The summed E-state index contributed by atoms with van der Waals surface area (Å²) >= 11 is 0.946. The Hall–Kier alpha value is -2.52. The molecule has 0 radical (unpaired) electrons. The molecule has 26 nitrogen and oxygen atoms in total. The summed E-state index contributed by atoms with van der Waals surface area (Å²) in [4.78, 5) is 96.2. The molecule has 0 spiro atoms. The highest BCUT2D eigenvalue weighted by molar-refractivity contribution is 8.13. The van der Waals surface area contributed by atoms with Crippen LogP contribution in [0.25, 0.3) is 11.2 Å². The molecular formula is C28H46N8O18P3S-3. The average Bonchev–Trinajstić information content (AvgIpc) is 3.63. The summed E-state index contributed by atoms with van der Waals surface area (Å²) < 4.78 is 61.0. The fourth-order valence-electron chi connectivity index (χ4n) is 5.22. The number of quaternary nitrogens is 1. The lowest BCUT2D eigenvalue weighted by atomic mass is 9.87. The largest absolute Gasteiger partial charge is 0.790 e. The molecule has 2 amide bonds. The number of nitrogens with zero attached hydrogens (tertiary/aromatic N) is 5. The molecule has 1 fully saturated rings. The van der Waals surface area contributed by atoms with Crippen molar-refractivity contribution in [2.24, 2.45) is 5.41 Å². The van der Waals surface area contributed by atoms with Gasteiger partial charge in [-0.1, -0.05) is 25.6 Å². The fraction of sp³-hybridized carbons (Fsp3) is 0.714. The van der Waals surface area contributed by atoms with Gasteiger partial charge in [0.1, 0.15) is 48.9 Å². The lowest BCUT2D eigenvalue weighted by Crippen LogP contribution is -2.46. The molecule has 8 unspecified atom stereocenters. The number of aliphatic hydroxyl groups excluding tert-OH is 3. The number of hydrogen-bond acceptors (Lipinski definition) is 23. The standard InChI is InChI=1S/C28H49N8O18P3S/c1-28(2,23(41)26(42)31-7-6-18(38)30-8-9-58-19(39)10-16(37)11-36(3,4)5)13-51-57(48,49)54-56(46,47)50-12-17-22(53-55(43,44)45)21(40)27(52-17)35-15-34-20-24(29)32-14-33-25(20)35/h14-17,21-23,27,37,40-41H,6-13H2,1-5H3,(H7-,29,30,31,32,33,38,42,43,44,45,46,47,48,49)/p-3. The van der Waals surface area contributed by atoms with Crippen molar-refractivity contribution < 1.29 is 90.1 Å². The second-order valence-corrected chi connectivity index (χ2v) is 19.8. The predicted octanol–water partition coefficient (Wildman–Crippen LogP) is -4.41. The van der Waals surface area contributed by atoms with Crippen LogP contribution >= 0.6 is 35.2 Å². The minimum atomic E-state index is -5.92. The third-order valence-corrected chi connectivity index (χ3v) is 11.8. The molecular weight excluding hydrogens is 861 g/mol. The van der Waals surface area contributed by atoms with Crippen LogP contribution in [0.2, 0.25) is 0 Å². The molecule has 8 atom stereocenters. The molecule has 58 heavy (non-hydrogen) atoms. The number of fused-ring (bicyclic) bond motifs is 1. The number of hydrogen-bond donors (Lipinski definition) is 6. The van der Waals surface area contributed by atoms with Crippen LogP contribution in [0.4, 0.5) is 5.82 Å². The smallest absolute Gasteiger partial charge is 0.274 e. The molecule has 1 aliphatic heterocycles. The minimum Gasteiger partial charge on any atom is -0.790 e. The SMILES string of the molecule is CC(C)(COP(=O)([O-])OP(=O)([O-])OCC1OC(n2cnc3c(N)ncnc32)C(O)C1OP(=O)([O-])[O-])C(O)C(=O)NCCC(=O)NCCSC(=O)CC(O)C[N+](C)(C)C. The Morgan fingerprint density at radius 1 is 1.05 bits per heavy atom. The van der Waals surface area contributed by atoms with E-state index in [-0.39, 0.29) is 53.8 Å². The summed E-state index contributed by atoms with van der Waals surface area (Å²) in [6, 6.07) is 0. The summed E-state index contributed by atoms with van der Waals surface area (Å²) in [7, 11) is -12.0. The van der Waals surface area contributed by atoms with E-state index in [4.69, 9.17) is 10.5 Å². The van der Waals surface area contributed by atoms with Gasteiger partial charge in [-0.3, -0.25) is 28.1 Å². The van der Waals surface area contributed by atoms with Crippen molar-refractivity contribution in [1.29, 1.82) is 0 Å². The number of anilines is 1. The Morgan fingerprint density at radius 3 is 2.34 bits per heavy atom. The van der Waals surface area contributed by atoms with E-state index < -0.39 is 90.7 Å². The number of thioether (sulfide) groups is 1. The minimum absolute atomic E-state index is 0.0263. The van der Waals surface area contributed by atoms with E-state index in [0.717, 1.165) is 29.0 Å². The van der Waals surface area contributed by atoms with Crippen LogP contribution in [-0.2, 0) is 50.7 Å². The average molecular weight is 908 g/mol. The summed E-state index contributed by atoms with van der Waals surface area (Å²) in [6.45, 7) is 0.340. The molecule has 2 aromatic rings. The maximum Gasteiger partial charge on any atom is 0.274 e. The number of phosphoric ester groups is 3. The van der Waals surface area contributed by atoms with Gasteiger partial charge in [0.25, 0.3) is 15.6 Å². The van der Waals surface area contributed by atoms with Gasteiger partial charge in [-0.05, 0) is 0 Å². The number of phosphoric acid groups is 3. The van der Waals surface area contributed by atoms with Crippen molar-refractivity contribution in [3.63, 3.8) is 0 Å². The van der Waals surface area contributed by atoms with E-state index in [0.29, 0.717) is 11.0 Å². The van der Waals surface area contributed by atoms with Crippen LogP contribution in [-0.4, -0.2) is 147 Å². The number of aliphatic hydroxyl groups is 3. The molecule has 0 aliphatic carbocycles. The first-order valence-electron chi connectivity index (χ1n) is 17.1. The van der Waals surface area contributed by atoms with Gasteiger partial charge in [0.2, 0.25) is 11.8 Å². The Kier molecular flexibility index (Phi) is 17.5. The van der Waals surface area contributed by atoms with Crippen molar-refractivity contribution in [3.8, 4) is 0 Å². The first kappa shape index (κ1) is 49.8. The van der Waals surface area contributed by atoms with Crippen LogP contribution in [0, 0.1) is 5.41 Å². The van der Waals surface area contributed by atoms with Gasteiger partial charge >= 0.3 is 0 Å². The topological polar surface area (TPSA) is 395 Å². The van der Waals surface area contributed by atoms with E-state index in [9.17, 15) is 63.0 Å². The van der Waals surface area contributed by atoms with Gasteiger partial charge < -0.3 is 78.6 Å². The molecule has 0 aromatic carbocycles. The number of nitrogens with one attached hydrogen (secondary N) is 2. The van der Waals surface area contributed by atoms with Gasteiger partial charge in [-0.25, -0.2) is 19.3 Å². The van der Waals surface area contributed by atoms with Gasteiger partial charge in [0.15, 0.2) is 22.8 Å². The van der Waals surface area contributed by atoms with Crippen molar-refractivity contribution in [1.82, 2.24) is 30.2 Å². The Labute approximate surface area is 335 Å². The zero-order valence-corrected chi connectivity index (χ0v) is 35.3. The number of likely N-dealkylation sites (N-methyl/N-ethyl adjacent to an activating group) is 1. The number of aromatic nitrogens is 4. The monoisotopic (exact) mass is 907 g/mol. The number of imidazole rings is 1. The maximum absolute atomic E-state index is 12.5. The number of carbonyl (C=O) groups excluding carboxylic acids is 3. The highest BCUT2D eigenvalue weighted by atomic mass is 32.2.